The molecule has 1 amide bonds. The van der Waals surface area contributed by atoms with Crippen LogP contribution in [-0.2, 0) is 9.53 Å². The Morgan fingerprint density at radius 1 is 1.41 bits per heavy atom. The van der Waals surface area contributed by atoms with Gasteiger partial charge < -0.3 is 15.8 Å². The summed E-state index contributed by atoms with van der Waals surface area (Å²) in [5.74, 6) is 0.379. The molecule has 4 nitrogen and oxygen atoms in total. The fourth-order valence-electron chi connectivity index (χ4n) is 2.44. The number of rotatable bonds is 5. The minimum Gasteiger partial charge on any atom is -0.378 e. The topological polar surface area (TPSA) is 64.4 Å². The van der Waals surface area contributed by atoms with Crippen molar-refractivity contribution in [1.82, 2.24) is 5.32 Å². The van der Waals surface area contributed by atoms with Gasteiger partial charge in [0.05, 0.1) is 11.6 Å². The molecule has 2 rings (SSSR count). The monoisotopic (exact) mass is 240 g/mol. The molecule has 4 heteroatoms. The molecule has 0 radical (unpaired) electrons. The van der Waals surface area contributed by atoms with E-state index >= 15 is 0 Å². The predicted octanol–water partition coefficient (Wildman–Crippen LogP) is 1.19. The number of carbonyl (C=O) groups excluding carboxylic acids is 1. The fourth-order valence-corrected chi connectivity index (χ4v) is 2.44. The maximum Gasteiger partial charge on any atom is 0.240 e. The van der Waals surface area contributed by atoms with E-state index in [9.17, 15) is 4.79 Å². The van der Waals surface area contributed by atoms with E-state index in [-0.39, 0.29) is 5.91 Å². The van der Waals surface area contributed by atoms with E-state index in [1.807, 2.05) is 6.92 Å². The largest absolute Gasteiger partial charge is 0.378 e. The molecule has 2 atom stereocenters. The van der Waals surface area contributed by atoms with Gasteiger partial charge >= 0.3 is 0 Å². The minimum absolute atomic E-state index is 0.00388. The van der Waals surface area contributed by atoms with Crippen LogP contribution in [0, 0.1) is 5.92 Å². The number of nitrogens with two attached hydrogens (primary N) is 1. The van der Waals surface area contributed by atoms with Gasteiger partial charge in [-0.2, -0.15) is 0 Å². The molecule has 2 aliphatic rings. The summed E-state index contributed by atoms with van der Waals surface area (Å²) in [6.07, 6.45) is 6.96. The molecule has 98 valence electrons. The lowest BCUT2D eigenvalue weighted by Gasteiger charge is -2.25. The van der Waals surface area contributed by atoms with Gasteiger partial charge in [0.2, 0.25) is 5.91 Å². The normalized spacial score (nSPS) is 28.5. The van der Waals surface area contributed by atoms with Gasteiger partial charge in [-0.1, -0.05) is 0 Å². The lowest BCUT2D eigenvalue weighted by Crippen LogP contribution is -2.53. The highest BCUT2D eigenvalue weighted by Gasteiger charge is 2.43. The molecule has 0 bridgehead atoms. The molecule has 0 aromatic carbocycles. The van der Waals surface area contributed by atoms with Crippen LogP contribution in [0.25, 0.3) is 0 Å². The number of hydrogen-bond donors (Lipinski definition) is 2. The quantitative estimate of drug-likeness (QED) is 0.758. The first kappa shape index (κ1) is 12.8. The summed E-state index contributed by atoms with van der Waals surface area (Å²) in [5.41, 5.74) is 5.37. The van der Waals surface area contributed by atoms with Gasteiger partial charge in [-0.25, -0.2) is 0 Å². The van der Waals surface area contributed by atoms with Crippen LogP contribution < -0.4 is 11.1 Å². The molecule has 0 spiro atoms. The zero-order valence-electron chi connectivity index (χ0n) is 10.7. The van der Waals surface area contributed by atoms with Crippen LogP contribution in [0.4, 0.5) is 0 Å². The van der Waals surface area contributed by atoms with Crippen molar-refractivity contribution in [3.8, 4) is 0 Å². The maximum atomic E-state index is 11.9. The van der Waals surface area contributed by atoms with Crippen molar-refractivity contribution in [3.05, 3.63) is 0 Å². The van der Waals surface area contributed by atoms with Gasteiger partial charge in [0.25, 0.3) is 0 Å². The van der Waals surface area contributed by atoms with Crippen LogP contribution in [0.3, 0.4) is 0 Å². The van der Waals surface area contributed by atoms with Gasteiger partial charge in [0, 0.05) is 13.2 Å². The Hall–Kier alpha value is -0.610. The van der Waals surface area contributed by atoms with Crippen LogP contribution >= 0.6 is 0 Å². The Morgan fingerprint density at radius 2 is 2.18 bits per heavy atom. The summed E-state index contributed by atoms with van der Waals surface area (Å²) < 4.78 is 5.62. The fraction of sp³-hybridized carbons (Fsp3) is 0.923. The molecule has 2 fully saturated rings. The van der Waals surface area contributed by atoms with E-state index in [4.69, 9.17) is 10.5 Å². The van der Waals surface area contributed by atoms with Crippen molar-refractivity contribution >= 4 is 5.91 Å². The molecule has 1 heterocycles. The van der Waals surface area contributed by atoms with Crippen LogP contribution in [0.15, 0.2) is 0 Å². The van der Waals surface area contributed by atoms with Crippen LogP contribution in [0.1, 0.15) is 45.4 Å². The highest BCUT2D eigenvalue weighted by atomic mass is 16.5. The molecular weight excluding hydrogens is 216 g/mol. The molecule has 0 aromatic heterocycles. The second kappa shape index (κ2) is 5.36. The Bertz CT molecular complexity index is 269. The summed E-state index contributed by atoms with van der Waals surface area (Å²) in [6.45, 7) is 3.40. The first-order valence-corrected chi connectivity index (χ1v) is 6.79. The summed E-state index contributed by atoms with van der Waals surface area (Å²) in [4.78, 5) is 11.9. The highest BCUT2D eigenvalue weighted by Crippen LogP contribution is 2.38. The average molecular weight is 240 g/mol. The Balaban J connectivity index is 1.65. The molecule has 1 saturated carbocycles. The number of amides is 1. The van der Waals surface area contributed by atoms with Gasteiger partial charge in [-0.3, -0.25) is 4.79 Å². The third kappa shape index (κ3) is 3.42. The van der Waals surface area contributed by atoms with Crippen molar-refractivity contribution in [3.63, 3.8) is 0 Å². The summed E-state index contributed by atoms with van der Waals surface area (Å²) in [7, 11) is 0. The summed E-state index contributed by atoms with van der Waals surface area (Å²) in [5, 5.41) is 2.95. The number of carbonyl (C=O) groups is 1. The van der Waals surface area contributed by atoms with Gasteiger partial charge in [0.15, 0.2) is 0 Å². The van der Waals surface area contributed by atoms with Crippen LogP contribution in [0.5, 0.6) is 0 Å². The van der Waals surface area contributed by atoms with Gasteiger partial charge in [-0.05, 0) is 51.4 Å². The SMILES string of the molecule is CC(N)(C(=O)NCCC1CCCCO1)C1CC1. The van der Waals surface area contributed by atoms with Crippen molar-refractivity contribution in [2.75, 3.05) is 13.2 Å². The van der Waals surface area contributed by atoms with E-state index < -0.39 is 5.54 Å². The minimum atomic E-state index is -0.673. The van der Waals surface area contributed by atoms with Crippen LogP contribution in [-0.4, -0.2) is 30.7 Å². The third-order valence-corrected chi connectivity index (χ3v) is 3.94. The van der Waals surface area contributed by atoms with Crippen molar-refractivity contribution in [1.29, 1.82) is 0 Å². The smallest absolute Gasteiger partial charge is 0.240 e. The Labute approximate surface area is 103 Å². The predicted molar refractivity (Wildman–Crippen MR) is 66.5 cm³/mol. The molecule has 2 unspecified atom stereocenters. The molecule has 1 aliphatic carbocycles. The number of nitrogens with one attached hydrogen (secondary N) is 1. The zero-order valence-corrected chi connectivity index (χ0v) is 10.7. The van der Waals surface area contributed by atoms with E-state index in [1.54, 1.807) is 0 Å². The standard InChI is InChI=1S/C13H24N2O2/c1-13(14,10-5-6-10)12(16)15-8-7-11-4-2-3-9-17-11/h10-11H,2-9,14H2,1H3,(H,15,16). The lowest BCUT2D eigenvalue weighted by atomic mass is 9.96. The van der Waals surface area contributed by atoms with Crippen molar-refractivity contribution in [2.24, 2.45) is 11.7 Å². The molecule has 0 aromatic rings. The van der Waals surface area contributed by atoms with E-state index in [0.717, 1.165) is 32.3 Å². The number of ether oxygens (including phenoxy) is 1. The molecule has 3 N–H and O–H groups in total. The first-order valence-electron chi connectivity index (χ1n) is 6.79. The zero-order chi connectivity index (χ0) is 12.3. The van der Waals surface area contributed by atoms with E-state index in [0.29, 0.717) is 18.6 Å². The lowest BCUT2D eigenvalue weighted by molar-refractivity contribution is -0.126. The molecule has 1 aliphatic heterocycles. The Kier molecular flexibility index (Phi) is 4.05. The van der Waals surface area contributed by atoms with Gasteiger partial charge in [-0.15, -0.1) is 0 Å². The van der Waals surface area contributed by atoms with Gasteiger partial charge in [0.1, 0.15) is 0 Å². The second-order valence-corrected chi connectivity index (χ2v) is 5.59. The maximum absolute atomic E-state index is 11.9. The van der Waals surface area contributed by atoms with Crippen LogP contribution in [0.2, 0.25) is 0 Å². The molecular formula is C13H24N2O2. The number of hydrogen-bond acceptors (Lipinski definition) is 3. The van der Waals surface area contributed by atoms with E-state index in [1.165, 1.54) is 12.8 Å². The third-order valence-electron chi connectivity index (χ3n) is 3.94. The summed E-state index contributed by atoms with van der Waals surface area (Å²) >= 11 is 0. The molecule has 17 heavy (non-hydrogen) atoms. The Morgan fingerprint density at radius 3 is 2.76 bits per heavy atom. The summed E-state index contributed by atoms with van der Waals surface area (Å²) in [6, 6.07) is 0. The average Bonchev–Trinajstić information content (AvgIpc) is 3.14. The first-order chi connectivity index (χ1) is 8.10. The van der Waals surface area contributed by atoms with E-state index in [2.05, 4.69) is 5.32 Å². The molecule has 1 saturated heterocycles. The van der Waals surface area contributed by atoms with Crippen molar-refractivity contribution in [2.45, 2.75) is 57.1 Å². The highest BCUT2D eigenvalue weighted by molar-refractivity contribution is 5.86. The van der Waals surface area contributed by atoms with Crippen molar-refractivity contribution < 1.29 is 9.53 Å². The second-order valence-electron chi connectivity index (χ2n) is 5.59.